The van der Waals surface area contributed by atoms with E-state index in [-0.39, 0.29) is 23.5 Å². The van der Waals surface area contributed by atoms with E-state index in [0.29, 0.717) is 5.52 Å². The third-order valence-corrected chi connectivity index (χ3v) is 9.30. The number of hydrogen-bond acceptors (Lipinski definition) is 2. The number of fused-ring (bicyclic) bond motifs is 6. The molecular formula is C45H28N2O. The first kappa shape index (κ1) is 22.1. The molecule has 0 N–H and O–H groups in total. The molecule has 0 unspecified atom stereocenters. The van der Waals surface area contributed by atoms with Gasteiger partial charge in [-0.1, -0.05) is 133 Å². The number of aromatic nitrogens is 2. The Morgan fingerprint density at radius 3 is 1.83 bits per heavy atom. The van der Waals surface area contributed by atoms with E-state index in [0.717, 1.165) is 76.9 Å². The normalized spacial score (nSPS) is 13.2. The highest BCUT2D eigenvalue weighted by atomic mass is 16.3. The molecule has 3 nitrogen and oxygen atoms in total. The van der Waals surface area contributed by atoms with Crippen LogP contribution in [0.1, 0.15) is 6.85 Å². The van der Waals surface area contributed by atoms with Crippen molar-refractivity contribution in [1.29, 1.82) is 0 Å². The van der Waals surface area contributed by atoms with Gasteiger partial charge in [-0.25, -0.2) is 4.98 Å². The van der Waals surface area contributed by atoms with Crippen molar-refractivity contribution < 1.29 is 11.3 Å². The molecule has 0 saturated heterocycles. The first-order valence-corrected chi connectivity index (χ1v) is 15.9. The lowest BCUT2D eigenvalue weighted by Crippen LogP contribution is -1.98. The third-order valence-electron chi connectivity index (χ3n) is 9.30. The van der Waals surface area contributed by atoms with Crippen molar-refractivity contribution in [2.75, 3.05) is 0 Å². The van der Waals surface area contributed by atoms with Crippen LogP contribution in [-0.2, 0) is 0 Å². The summed E-state index contributed by atoms with van der Waals surface area (Å²) >= 11 is 0. The Kier molecular flexibility index (Phi) is 4.86. The molecule has 10 aromatic rings. The molecule has 0 aliphatic rings. The van der Waals surface area contributed by atoms with Crippen molar-refractivity contribution in [2.24, 2.45) is 0 Å². The van der Waals surface area contributed by atoms with Crippen LogP contribution < -0.4 is 0 Å². The number of nitrogens with zero attached hydrogens (tertiary/aromatic N) is 2. The van der Waals surface area contributed by atoms with Gasteiger partial charge in [0.2, 0.25) is 0 Å². The maximum atomic E-state index is 8.73. The number of rotatable bonds is 4. The van der Waals surface area contributed by atoms with Gasteiger partial charge in [-0.3, -0.25) is 4.57 Å². The number of para-hydroxylation sites is 3. The zero-order chi connectivity index (χ0) is 36.0. The minimum atomic E-state index is -0.434. The second-order valence-electron chi connectivity index (χ2n) is 11.9. The zero-order valence-electron chi connectivity index (χ0n) is 30.6. The van der Waals surface area contributed by atoms with Gasteiger partial charge in [0, 0.05) is 22.0 Å². The van der Waals surface area contributed by atoms with E-state index in [4.69, 9.17) is 16.3 Å². The largest absolute Gasteiger partial charge is 0.456 e. The van der Waals surface area contributed by atoms with E-state index >= 15 is 0 Å². The van der Waals surface area contributed by atoms with Gasteiger partial charge in [0.05, 0.1) is 17.9 Å². The molecule has 3 heteroatoms. The number of imidazole rings is 1. The summed E-state index contributed by atoms with van der Waals surface area (Å²) in [4.78, 5) is 4.82. The lowest BCUT2D eigenvalue weighted by Gasteiger charge is -2.18. The fourth-order valence-corrected chi connectivity index (χ4v) is 7.31. The molecule has 2 aromatic heterocycles. The van der Waals surface area contributed by atoms with Crippen LogP contribution in [0.15, 0.2) is 174 Å². The van der Waals surface area contributed by atoms with Crippen LogP contribution in [0.2, 0.25) is 0 Å². The van der Waals surface area contributed by atoms with E-state index in [9.17, 15) is 0 Å². The average molecular weight is 618 g/mol. The molecule has 0 fully saturated rings. The topological polar surface area (TPSA) is 31.0 Å². The standard InChI is InChI=1S/C45H28N2O/c1-2-13-30(14-3-1)45-46-38-21-9-10-22-39(38)47(45)31-27-25-29(26-28-31)42-32-15-4-6-17-34(32)43(35-18-7-5-16-33(35)42)37-20-12-24-41-44(37)36-19-8-11-23-40(36)48-41/h1-28H/i1D,2D,3D,13D,14D. The predicted molar refractivity (Wildman–Crippen MR) is 200 cm³/mol. The summed E-state index contributed by atoms with van der Waals surface area (Å²) in [6.07, 6.45) is 0. The summed E-state index contributed by atoms with van der Waals surface area (Å²) in [6, 6.07) is 45.6. The summed E-state index contributed by atoms with van der Waals surface area (Å²) < 4.78 is 50.5. The minimum absolute atomic E-state index is 0.0595. The van der Waals surface area contributed by atoms with Gasteiger partial charge < -0.3 is 4.42 Å². The maximum Gasteiger partial charge on any atom is 0.145 e. The molecule has 0 radical (unpaired) electrons. The van der Waals surface area contributed by atoms with Gasteiger partial charge in [0.25, 0.3) is 0 Å². The molecule has 0 saturated carbocycles. The van der Waals surface area contributed by atoms with Crippen molar-refractivity contribution in [3.05, 3.63) is 170 Å². The summed E-state index contributed by atoms with van der Waals surface area (Å²) in [5.41, 5.74) is 8.36. The highest BCUT2D eigenvalue weighted by Gasteiger charge is 2.20. The zero-order valence-corrected chi connectivity index (χ0v) is 25.6. The van der Waals surface area contributed by atoms with Crippen molar-refractivity contribution >= 4 is 54.5 Å². The van der Waals surface area contributed by atoms with Crippen LogP contribution in [0.5, 0.6) is 0 Å². The van der Waals surface area contributed by atoms with Crippen LogP contribution in [-0.4, -0.2) is 9.55 Å². The smallest absolute Gasteiger partial charge is 0.145 e. The van der Waals surface area contributed by atoms with Gasteiger partial charge in [-0.15, -0.1) is 0 Å². The van der Waals surface area contributed by atoms with Crippen molar-refractivity contribution in [1.82, 2.24) is 9.55 Å². The number of furan rings is 1. The molecule has 0 aliphatic carbocycles. The van der Waals surface area contributed by atoms with Gasteiger partial charge in [-0.05, 0) is 80.2 Å². The minimum Gasteiger partial charge on any atom is -0.456 e. The monoisotopic (exact) mass is 617 g/mol. The number of hydrogen-bond donors (Lipinski definition) is 0. The van der Waals surface area contributed by atoms with Crippen LogP contribution in [0, 0.1) is 0 Å². The van der Waals surface area contributed by atoms with Gasteiger partial charge >= 0.3 is 0 Å². The Bertz CT molecular complexity index is 3040. The Morgan fingerprint density at radius 2 is 1.10 bits per heavy atom. The number of benzene rings is 8. The average Bonchev–Trinajstić information content (AvgIpc) is 3.77. The van der Waals surface area contributed by atoms with E-state index in [1.54, 1.807) is 0 Å². The molecule has 10 rings (SSSR count). The maximum absolute atomic E-state index is 8.73. The summed E-state index contributed by atoms with van der Waals surface area (Å²) in [6.45, 7) is 0. The fraction of sp³-hybridized carbons (Fsp3) is 0. The second-order valence-corrected chi connectivity index (χ2v) is 11.9. The molecule has 48 heavy (non-hydrogen) atoms. The van der Waals surface area contributed by atoms with Gasteiger partial charge in [0.1, 0.15) is 17.0 Å². The molecular weight excluding hydrogens is 585 g/mol. The molecule has 0 spiro atoms. The van der Waals surface area contributed by atoms with Crippen LogP contribution in [0.25, 0.3) is 93.8 Å². The summed E-state index contributed by atoms with van der Waals surface area (Å²) in [7, 11) is 0. The first-order chi connectivity index (χ1) is 25.9. The van der Waals surface area contributed by atoms with Crippen molar-refractivity contribution in [3.63, 3.8) is 0 Å². The molecule has 0 aliphatic heterocycles. The molecule has 0 bridgehead atoms. The van der Waals surface area contributed by atoms with E-state index in [1.165, 1.54) is 0 Å². The predicted octanol–water partition coefficient (Wildman–Crippen LogP) is 12.2. The first-order valence-electron chi connectivity index (χ1n) is 18.4. The lowest BCUT2D eigenvalue weighted by atomic mass is 9.85. The highest BCUT2D eigenvalue weighted by molar-refractivity contribution is 6.25. The fourth-order valence-electron chi connectivity index (χ4n) is 7.31. The molecule has 8 aromatic carbocycles. The lowest BCUT2D eigenvalue weighted by molar-refractivity contribution is 0.669. The highest BCUT2D eigenvalue weighted by Crippen LogP contribution is 2.47. The Balaban J connectivity index is 1.20. The van der Waals surface area contributed by atoms with Crippen LogP contribution >= 0.6 is 0 Å². The third kappa shape index (κ3) is 3.98. The van der Waals surface area contributed by atoms with E-state index in [1.807, 2.05) is 59.2 Å². The summed E-state index contributed by atoms with van der Waals surface area (Å²) in [5, 5.41) is 6.68. The summed E-state index contributed by atoms with van der Waals surface area (Å²) in [5.74, 6) is 0.289. The Hall–Kier alpha value is -6.45. The second kappa shape index (κ2) is 10.5. The van der Waals surface area contributed by atoms with Crippen molar-refractivity contribution in [3.8, 4) is 39.3 Å². The quantitative estimate of drug-likeness (QED) is 0.184. The molecule has 2 heterocycles. The SMILES string of the molecule is [2H]c1c([2H])c([2H])c(-c2nc3ccccc3n2-c2ccc(-c3c4ccccc4c(-c4cccc5oc6ccccc6c45)c4ccccc34)cc2)c([2H])c1[2H]. The van der Waals surface area contributed by atoms with E-state index in [2.05, 4.69) is 84.9 Å². The van der Waals surface area contributed by atoms with Crippen LogP contribution in [0.3, 0.4) is 0 Å². The molecule has 0 amide bonds. The molecule has 224 valence electrons. The van der Waals surface area contributed by atoms with Gasteiger partial charge in [0.15, 0.2) is 0 Å². The molecule has 0 atom stereocenters. The Morgan fingerprint density at radius 1 is 0.500 bits per heavy atom. The Labute approximate surface area is 284 Å². The van der Waals surface area contributed by atoms with E-state index < -0.39 is 18.1 Å². The van der Waals surface area contributed by atoms with Crippen molar-refractivity contribution in [2.45, 2.75) is 0 Å². The van der Waals surface area contributed by atoms with Crippen LogP contribution in [0.4, 0.5) is 0 Å². The van der Waals surface area contributed by atoms with Gasteiger partial charge in [-0.2, -0.15) is 0 Å².